The number of rotatable bonds is 4. The molecule has 1 fully saturated rings. The third kappa shape index (κ3) is 2.84. The highest BCUT2D eigenvalue weighted by Crippen LogP contribution is 2.45. The van der Waals surface area contributed by atoms with E-state index >= 15 is 0 Å². The molecule has 0 bridgehead atoms. The fourth-order valence-corrected chi connectivity index (χ4v) is 5.91. The van der Waals surface area contributed by atoms with Crippen molar-refractivity contribution in [2.75, 3.05) is 13.7 Å². The number of hydrogen-bond acceptors (Lipinski definition) is 4. The Labute approximate surface area is 184 Å². The highest BCUT2D eigenvalue weighted by atomic mass is 16.5. The van der Waals surface area contributed by atoms with Gasteiger partial charge in [0.05, 0.1) is 12.6 Å². The lowest BCUT2D eigenvalue weighted by Gasteiger charge is -2.32. The number of aromatic amines is 2. The van der Waals surface area contributed by atoms with Crippen LogP contribution in [0.15, 0.2) is 52.1 Å². The topological polar surface area (TPSA) is 91.9 Å². The molecule has 2 aromatic heterocycles. The Morgan fingerprint density at radius 2 is 1.94 bits per heavy atom. The summed E-state index contributed by atoms with van der Waals surface area (Å²) in [5, 5.41) is 4.53. The number of benzene rings is 2. The summed E-state index contributed by atoms with van der Waals surface area (Å²) in [6.07, 6.45) is 2.88. The summed E-state index contributed by atoms with van der Waals surface area (Å²) in [6, 6.07) is 14.2. The second-order valence-electron chi connectivity index (χ2n) is 8.96. The van der Waals surface area contributed by atoms with E-state index in [0.717, 1.165) is 36.0 Å². The van der Waals surface area contributed by atoms with Gasteiger partial charge in [0.1, 0.15) is 11.3 Å². The SMILES string of the molecule is COc1cccc2c1CC[C@H]1CNC(CCn3c(=O)[nH]c4c([nH]c5ccccc54)c3=O)[C@@H]21. The van der Waals surface area contributed by atoms with Crippen LogP contribution >= 0.6 is 0 Å². The molecule has 0 radical (unpaired) electrons. The van der Waals surface area contributed by atoms with Crippen LogP contribution in [0.1, 0.15) is 29.9 Å². The van der Waals surface area contributed by atoms with E-state index in [1.165, 1.54) is 15.7 Å². The van der Waals surface area contributed by atoms with E-state index in [-0.39, 0.29) is 17.3 Å². The fraction of sp³-hybridized carbons (Fsp3) is 0.360. The van der Waals surface area contributed by atoms with Crippen molar-refractivity contribution in [3.8, 4) is 5.75 Å². The van der Waals surface area contributed by atoms with Crippen molar-refractivity contribution in [3.05, 3.63) is 74.4 Å². The van der Waals surface area contributed by atoms with E-state index in [1.54, 1.807) is 7.11 Å². The molecule has 2 aliphatic rings. The van der Waals surface area contributed by atoms with Crippen molar-refractivity contribution in [3.63, 3.8) is 0 Å². The van der Waals surface area contributed by atoms with Crippen LogP contribution in [0.25, 0.3) is 21.9 Å². The lowest BCUT2D eigenvalue weighted by molar-refractivity contribution is 0.371. The number of ether oxygens (including phenoxy) is 1. The average molecular weight is 431 g/mol. The Morgan fingerprint density at radius 3 is 2.81 bits per heavy atom. The number of nitrogens with zero attached hydrogens (tertiary/aromatic N) is 1. The van der Waals surface area contributed by atoms with E-state index in [9.17, 15) is 9.59 Å². The Kier molecular flexibility index (Phi) is 4.47. The van der Waals surface area contributed by atoms with Crippen LogP contribution in [0.3, 0.4) is 0 Å². The Bertz CT molecular complexity index is 1450. The summed E-state index contributed by atoms with van der Waals surface area (Å²) in [5.74, 6) is 1.91. The molecule has 0 spiro atoms. The van der Waals surface area contributed by atoms with Crippen LogP contribution < -0.4 is 21.3 Å². The molecule has 3 heterocycles. The number of hydrogen-bond donors (Lipinski definition) is 3. The van der Waals surface area contributed by atoms with Crippen molar-refractivity contribution >= 4 is 21.9 Å². The number of nitrogens with one attached hydrogen (secondary N) is 3. The standard InChI is InChI=1S/C25H26N4O3/c1-32-20-8-4-6-16-15(20)10-9-14-13-26-19(21(14)16)11-12-29-24(30)23-22(28-25(29)31)17-5-2-3-7-18(17)27-23/h2-8,14,19,21,26-27H,9-13H2,1H3,(H,28,31)/t14-,19?,21+/m0/s1. The van der Waals surface area contributed by atoms with Gasteiger partial charge in [0, 0.05) is 29.4 Å². The first-order chi connectivity index (χ1) is 15.7. The van der Waals surface area contributed by atoms with Crippen LogP contribution in [0.4, 0.5) is 0 Å². The summed E-state index contributed by atoms with van der Waals surface area (Å²) in [4.78, 5) is 32.1. The summed E-state index contributed by atoms with van der Waals surface area (Å²) in [5.41, 5.74) is 3.92. The molecular formula is C25H26N4O3. The van der Waals surface area contributed by atoms with E-state index in [1.807, 2.05) is 30.3 Å². The van der Waals surface area contributed by atoms with Crippen LogP contribution in [-0.2, 0) is 13.0 Å². The quantitative estimate of drug-likeness (QED) is 0.464. The van der Waals surface area contributed by atoms with Crippen LogP contribution in [0.2, 0.25) is 0 Å². The molecule has 0 saturated carbocycles. The Balaban J connectivity index is 1.33. The lowest BCUT2D eigenvalue weighted by atomic mass is 9.73. The molecule has 1 aliphatic heterocycles. The molecule has 4 aromatic rings. The lowest BCUT2D eigenvalue weighted by Crippen LogP contribution is -2.38. The number of H-pyrrole nitrogens is 2. The minimum Gasteiger partial charge on any atom is -0.496 e. The first-order valence-corrected chi connectivity index (χ1v) is 11.3. The van der Waals surface area contributed by atoms with E-state index in [4.69, 9.17) is 4.74 Å². The molecule has 1 unspecified atom stereocenters. The highest BCUT2D eigenvalue weighted by Gasteiger charge is 2.40. The molecule has 164 valence electrons. The van der Waals surface area contributed by atoms with Gasteiger partial charge in [0.2, 0.25) is 0 Å². The van der Waals surface area contributed by atoms with Gasteiger partial charge < -0.3 is 20.0 Å². The minimum atomic E-state index is -0.354. The summed E-state index contributed by atoms with van der Waals surface area (Å²) < 4.78 is 6.94. The normalized spacial score (nSPS) is 22.2. The van der Waals surface area contributed by atoms with Crippen molar-refractivity contribution < 1.29 is 4.74 Å². The largest absolute Gasteiger partial charge is 0.496 e. The van der Waals surface area contributed by atoms with Gasteiger partial charge in [0.15, 0.2) is 0 Å². The molecule has 3 atom stereocenters. The zero-order valence-electron chi connectivity index (χ0n) is 18.0. The molecule has 7 heteroatoms. The number of para-hydroxylation sites is 1. The smallest absolute Gasteiger partial charge is 0.328 e. The summed E-state index contributed by atoms with van der Waals surface area (Å²) in [6.45, 7) is 1.35. The van der Waals surface area contributed by atoms with Gasteiger partial charge in [-0.15, -0.1) is 0 Å². The summed E-state index contributed by atoms with van der Waals surface area (Å²) >= 11 is 0. The average Bonchev–Trinajstić information content (AvgIpc) is 3.40. The molecule has 1 aliphatic carbocycles. The maximum absolute atomic E-state index is 13.2. The Morgan fingerprint density at radius 1 is 1.06 bits per heavy atom. The predicted molar refractivity (Wildman–Crippen MR) is 125 cm³/mol. The summed E-state index contributed by atoms with van der Waals surface area (Å²) in [7, 11) is 1.73. The van der Waals surface area contributed by atoms with Crippen molar-refractivity contribution in [2.45, 2.75) is 37.8 Å². The van der Waals surface area contributed by atoms with Gasteiger partial charge in [-0.05, 0) is 55.0 Å². The third-order valence-corrected chi connectivity index (χ3v) is 7.40. The zero-order chi connectivity index (χ0) is 21.8. The van der Waals surface area contributed by atoms with E-state index in [2.05, 4.69) is 27.4 Å². The maximum Gasteiger partial charge on any atom is 0.328 e. The van der Waals surface area contributed by atoms with Crippen LogP contribution in [0, 0.1) is 5.92 Å². The second kappa shape index (κ2) is 7.38. The number of aromatic nitrogens is 3. The first kappa shape index (κ1) is 19.4. The first-order valence-electron chi connectivity index (χ1n) is 11.3. The van der Waals surface area contributed by atoms with Crippen LogP contribution in [-0.4, -0.2) is 34.2 Å². The van der Waals surface area contributed by atoms with Gasteiger partial charge in [0.25, 0.3) is 5.56 Å². The minimum absolute atomic E-state index is 0.218. The molecule has 0 amide bonds. The van der Waals surface area contributed by atoms with Gasteiger partial charge in [-0.1, -0.05) is 30.3 Å². The molecule has 3 N–H and O–H groups in total. The zero-order valence-corrected chi connectivity index (χ0v) is 18.0. The third-order valence-electron chi connectivity index (χ3n) is 7.40. The van der Waals surface area contributed by atoms with E-state index < -0.39 is 0 Å². The fourth-order valence-electron chi connectivity index (χ4n) is 5.91. The molecular weight excluding hydrogens is 404 g/mol. The number of fused-ring (bicyclic) bond motifs is 6. The molecule has 1 saturated heterocycles. The van der Waals surface area contributed by atoms with E-state index in [0.29, 0.717) is 35.8 Å². The monoisotopic (exact) mass is 430 g/mol. The van der Waals surface area contributed by atoms with Crippen LogP contribution in [0.5, 0.6) is 5.75 Å². The van der Waals surface area contributed by atoms with Gasteiger partial charge >= 0.3 is 5.69 Å². The van der Waals surface area contributed by atoms with Crippen molar-refractivity contribution in [1.29, 1.82) is 0 Å². The molecule has 2 aromatic carbocycles. The molecule has 6 rings (SSSR count). The van der Waals surface area contributed by atoms with Gasteiger partial charge in [-0.3, -0.25) is 9.36 Å². The van der Waals surface area contributed by atoms with Crippen molar-refractivity contribution in [2.24, 2.45) is 5.92 Å². The highest BCUT2D eigenvalue weighted by molar-refractivity contribution is 6.04. The Hall–Kier alpha value is -3.32. The number of methoxy groups -OCH3 is 1. The molecule has 32 heavy (non-hydrogen) atoms. The van der Waals surface area contributed by atoms with Gasteiger partial charge in [-0.2, -0.15) is 0 Å². The second-order valence-corrected chi connectivity index (χ2v) is 8.96. The predicted octanol–water partition coefficient (Wildman–Crippen LogP) is 2.89. The van der Waals surface area contributed by atoms with Crippen molar-refractivity contribution in [1.82, 2.24) is 19.9 Å². The molecule has 7 nitrogen and oxygen atoms in total. The van der Waals surface area contributed by atoms with Gasteiger partial charge in [-0.25, -0.2) is 4.79 Å². The maximum atomic E-state index is 13.2.